The second kappa shape index (κ2) is 8.35. The largest absolute Gasteiger partial charge is 0.494 e. The Bertz CT molecular complexity index is 949. The third-order valence-corrected chi connectivity index (χ3v) is 4.69. The van der Waals surface area contributed by atoms with E-state index in [-0.39, 0.29) is 10.7 Å². The Balaban J connectivity index is 1.94. The zero-order valence-electron chi connectivity index (χ0n) is 16.1. The average molecular weight is 394 g/mol. The van der Waals surface area contributed by atoms with E-state index in [1.54, 1.807) is 30.3 Å². The number of thiocarbonyl (C=S) groups is 1. The van der Waals surface area contributed by atoms with Crippen molar-refractivity contribution in [1.82, 2.24) is 5.32 Å². The summed E-state index contributed by atoms with van der Waals surface area (Å²) in [6.07, 6.45) is 1.59. The summed E-state index contributed by atoms with van der Waals surface area (Å²) in [4.78, 5) is 26.8. The first-order valence-corrected chi connectivity index (χ1v) is 9.55. The molecule has 2 aromatic carbocycles. The molecule has 1 fully saturated rings. The molecule has 2 amide bonds. The van der Waals surface area contributed by atoms with E-state index in [0.717, 1.165) is 5.56 Å². The minimum atomic E-state index is -0.500. The monoisotopic (exact) mass is 394 g/mol. The van der Waals surface area contributed by atoms with Crippen molar-refractivity contribution in [2.24, 2.45) is 0 Å². The molecular formula is C22H22N2O3S. The molecule has 1 aliphatic heterocycles. The summed E-state index contributed by atoms with van der Waals surface area (Å²) in [6.45, 7) is 6.62. The number of rotatable bonds is 5. The van der Waals surface area contributed by atoms with Gasteiger partial charge in [-0.15, -0.1) is 0 Å². The van der Waals surface area contributed by atoms with E-state index in [1.807, 2.05) is 31.2 Å². The van der Waals surface area contributed by atoms with Gasteiger partial charge in [-0.2, -0.15) is 0 Å². The van der Waals surface area contributed by atoms with Gasteiger partial charge in [0.1, 0.15) is 11.3 Å². The number of nitrogens with zero attached hydrogens (tertiary/aromatic N) is 1. The maximum absolute atomic E-state index is 13.1. The van der Waals surface area contributed by atoms with E-state index in [1.165, 1.54) is 10.5 Å². The zero-order valence-corrected chi connectivity index (χ0v) is 16.9. The maximum Gasteiger partial charge on any atom is 0.270 e. The van der Waals surface area contributed by atoms with Crippen molar-refractivity contribution >= 4 is 40.9 Å². The Morgan fingerprint density at radius 2 is 1.86 bits per heavy atom. The van der Waals surface area contributed by atoms with Gasteiger partial charge in [0.25, 0.3) is 11.8 Å². The van der Waals surface area contributed by atoms with Crippen LogP contribution in [0.15, 0.2) is 54.1 Å². The molecule has 0 aliphatic carbocycles. The fraction of sp³-hybridized carbons (Fsp3) is 0.227. The van der Waals surface area contributed by atoms with Gasteiger partial charge >= 0.3 is 0 Å². The fourth-order valence-corrected chi connectivity index (χ4v) is 3.20. The van der Waals surface area contributed by atoms with Gasteiger partial charge < -0.3 is 4.74 Å². The van der Waals surface area contributed by atoms with Gasteiger partial charge in [0.15, 0.2) is 5.11 Å². The predicted molar refractivity (Wildman–Crippen MR) is 114 cm³/mol. The van der Waals surface area contributed by atoms with E-state index in [4.69, 9.17) is 17.0 Å². The third-order valence-electron chi connectivity index (χ3n) is 4.40. The van der Waals surface area contributed by atoms with Crippen LogP contribution in [-0.4, -0.2) is 23.5 Å². The van der Waals surface area contributed by atoms with E-state index < -0.39 is 11.8 Å². The van der Waals surface area contributed by atoms with Gasteiger partial charge in [-0.1, -0.05) is 44.2 Å². The summed E-state index contributed by atoms with van der Waals surface area (Å²) in [5, 5.41) is 2.65. The van der Waals surface area contributed by atoms with E-state index in [2.05, 4.69) is 19.2 Å². The van der Waals surface area contributed by atoms with Crippen LogP contribution in [0.1, 0.15) is 37.8 Å². The summed E-state index contributed by atoms with van der Waals surface area (Å²) in [7, 11) is 0. The van der Waals surface area contributed by atoms with Gasteiger partial charge in [-0.3, -0.25) is 19.8 Å². The Kier molecular flexibility index (Phi) is 5.90. The molecule has 1 N–H and O–H groups in total. The third kappa shape index (κ3) is 4.12. The van der Waals surface area contributed by atoms with E-state index in [0.29, 0.717) is 24.0 Å². The number of benzene rings is 2. The predicted octanol–water partition coefficient (Wildman–Crippen LogP) is 4.04. The van der Waals surface area contributed by atoms with Crippen molar-refractivity contribution in [2.45, 2.75) is 26.7 Å². The highest BCUT2D eigenvalue weighted by Crippen LogP contribution is 2.26. The molecule has 0 spiro atoms. The van der Waals surface area contributed by atoms with Gasteiger partial charge in [0.2, 0.25) is 0 Å². The second-order valence-electron chi connectivity index (χ2n) is 6.71. The van der Waals surface area contributed by atoms with Gasteiger partial charge in [0.05, 0.1) is 12.3 Å². The number of ether oxygens (including phenoxy) is 1. The minimum Gasteiger partial charge on any atom is -0.494 e. The summed E-state index contributed by atoms with van der Waals surface area (Å²) >= 11 is 5.24. The standard InChI is InChI=1S/C22H22N2O3S/c1-4-27-18-7-5-6-17(13-18)24-21(26)19(20(25)23-22(24)28)12-15-8-10-16(11-9-15)14(2)3/h5-14H,4H2,1-3H3,(H,23,25,28). The van der Waals surface area contributed by atoms with Crippen molar-refractivity contribution in [3.63, 3.8) is 0 Å². The Morgan fingerprint density at radius 3 is 2.50 bits per heavy atom. The number of amides is 2. The number of anilines is 1. The molecule has 1 aliphatic rings. The Morgan fingerprint density at radius 1 is 1.14 bits per heavy atom. The highest BCUT2D eigenvalue weighted by Gasteiger charge is 2.34. The lowest BCUT2D eigenvalue weighted by Gasteiger charge is -2.29. The fourth-order valence-electron chi connectivity index (χ4n) is 2.91. The zero-order chi connectivity index (χ0) is 20.3. The van der Waals surface area contributed by atoms with Crippen molar-refractivity contribution in [1.29, 1.82) is 0 Å². The summed E-state index contributed by atoms with van der Waals surface area (Å²) in [5.74, 6) is 0.0737. The van der Waals surface area contributed by atoms with Crippen LogP contribution in [0.5, 0.6) is 5.75 Å². The highest BCUT2D eigenvalue weighted by molar-refractivity contribution is 7.80. The lowest BCUT2D eigenvalue weighted by Crippen LogP contribution is -2.54. The number of carbonyl (C=O) groups is 2. The second-order valence-corrected chi connectivity index (χ2v) is 7.10. The minimum absolute atomic E-state index is 0.0349. The molecule has 3 rings (SSSR count). The van der Waals surface area contributed by atoms with Gasteiger partial charge in [-0.25, -0.2) is 0 Å². The van der Waals surface area contributed by atoms with Crippen molar-refractivity contribution in [2.75, 3.05) is 11.5 Å². The van der Waals surface area contributed by atoms with Crippen LogP contribution in [0.3, 0.4) is 0 Å². The molecule has 0 aromatic heterocycles. The van der Waals surface area contributed by atoms with Gasteiger partial charge in [0, 0.05) is 6.07 Å². The molecule has 28 heavy (non-hydrogen) atoms. The number of hydrogen-bond donors (Lipinski definition) is 1. The first kappa shape index (κ1) is 19.8. The Labute approximate surface area is 170 Å². The molecule has 0 radical (unpaired) electrons. The molecule has 0 bridgehead atoms. The van der Waals surface area contributed by atoms with E-state index in [9.17, 15) is 9.59 Å². The molecule has 2 aromatic rings. The molecular weight excluding hydrogens is 372 g/mol. The lowest BCUT2D eigenvalue weighted by molar-refractivity contribution is -0.122. The first-order valence-electron chi connectivity index (χ1n) is 9.15. The maximum atomic E-state index is 13.1. The molecule has 0 atom stereocenters. The SMILES string of the molecule is CCOc1cccc(N2C(=O)C(=Cc3ccc(C(C)C)cc3)C(=O)NC2=S)c1. The molecule has 0 unspecified atom stereocenters. The van der Waals surface area contributed by atoms with Crippen LogP contribution in [0.25, 0.3) is 6.08 Å². The van der Waals surface area contributed by atoms with Gasteiger partial charge in [-0.05, 0) is 54.4 Å². The van der Waals surface area contributed by atoms with Crippen LogP contribution < -0.4 is 15.0 Å². The number of nitrogens with one attached hydrogen (secondary N) is 1. The summed E-state index contributed by atoms with van der Waals surface area (Å²) < 4.78 is 5.50. The van der Waals surface area contributed by atoms with Crippen molar-refractivity contribution in [3.05, 3.63) is 65.2 Å². The lowest BCUT2D eigenvalue weighted by atomic mass is 10.0. The molecule has 5 nitrogen and oxygen atoms in total. The average Bonchev–Trinajstić information content (AvgIpc) is 2.66. The van der Waals surface area contributed by atoms with Crippen LogP contribution >= 0.6 is 12.2 Å². The number of carbonyl (C=O) groups excluding carboxylic acids is 2. The quantitative estimate of drug-likeness (QED) is 0.472. The summed E-state index contributed by atoms with van der Waals surface area (Å²) in [5.41, 5.74) is 2.55. The summed E-state index contributed by atoms with van der Waals surface area (Å²) in [6, 6.07) is 14.8. The van der Waals surface area contributed by atoms with Crippen molar-refractivity contribution in [3.8, 4) is 5.75 Å². The van der Waals surface area contributed by atoms with Crippen LogP contribution in [-0.2, 0) is 9.59 Å². The van der Waals surface area contributed by atoms with Crippen molar-refractivity contribution < 1.29 is 14.3 Å². The molecule has 1 saturated heterocycles. The van der Waals surface area contributed by atoms with Crippen LogP contribution in [0.4, 0.5) is 5.69 Å². The molecule has 144 valence electrons. The van der Waals surface area contributed by atoms with E-state index >= 15 is 0 Å². The Hall–Kier alpha value is -2.99. The molecule has 6 heteroatoms. The van der Waals surface area contributed by atoms with Crippen LogP contribution in [0, 0.1) is 0 Å². The number of hydrogen-bond acceptors (Lipinski definition) is 4. The molecule has 1 heterocycles. The molecule has 0 saturated carbocycles. The van der Waals surface area contributed by atoms with Crippen LogP contribution in [0.2, 0.25) is 0 Å². The topological polar surface area (TPSA) is 58.6 Å². The normalized spacial score (nSPS) is 15.9. The smallest absolute Gasteiger partial charge is 0.270 e. The highest BCUT2D eigenvalue weighted by atomic mass is 32.1. The first-order chi connectivity index (χ1) is 13.4.